The first-order valence-electron chi connectivity index (χ1n) is 10.7. The molecule has 31 heavy (non-hydrogen) atoms. The molecule has 4 heteroatoms. The summed E-state index contributed by atoms with van der Waals surface area (Å²) in [5, 5.41) is 1.61. The van der Waals surface area contributed by atoms with E-state index in [1.807, 2.05) is 54.7 Å². The second kappa shape index (κ2) is 7.95. The van der Waals surface area contributed by atoms with Crippen molar-refractivity contribution < 1.29 is 9.47 Å². The lowest BCUT2D eigenvalue weighted by atomic mass is 9.91. The predicted molar refractivity (Wildman–Crippen MR) is 124 cm³/mol. The number of benzene rings is 3. The fourth-order valence-corrected chi connectivity index (χ4v) is 4.39. The first-order valence-corrected chi connectivity index (χ1v) is 10.7. The van der Waals surface area contributed by atoms with E-state index in [0.29, 0.717) is 17.7 Å². The second-order valence-corrected chi connectivity index (χ2v) is 8.11. The fourth-order valence-electron chi connectivity index (χ4n) is 4.39. The Morgan fingerprint density at radius 2 is 1.84 bits per heavy atom. The summed E-state index contributed by atoms with van der Waals surface area (Å²) in [7, 11) is 1.81. The highest BCUT2D eigenvalue weighted by Gasteiger charge is 2.18. The number of nitrogens with zero attached hydrogens (tertiary/aromatic N) is 1. The van der Waals surface area contributed by atoms with Gasteiger partial charge in [-0.1, -0.05) is 36.4 Å². The van der Waals surface area contributed by atoms with E-state index in [0.717, 1.165) is 47.3 Å². The summed E-state index contributed by atoms with van der Waals surface area (Å²) in [5.41, 5.74) is 5.76. The van der Waals surface area contributed by atoms with E-state index in [1.54, 1.807) is 11.6 Å². The van der Waals surface area contributed by atoms with Crippen molar-refractivity contribution in [3.63, 3.8) is 0 Å². The molecule has 1 aromatic heterocycles. The zero-order valence-corrected chi connectivity index (χ0v) is 17.9. The molecule has 0 N–H and O–H groups in total. The van der Waals surface area contributed by atoms with Crippen LogP contribution in [0.15, 0.2) is 71.7 Å². The van der Waals surface area contributed by atoms with Crippen LogP contribution in [0.25, 0.3) is 21.9 Å². The number of fused-ring (bicyclic) bond motifs is 2. The maximum atomic E-state index is 12.9. The molecular weight excluding hydrogens is 386 g/mol. The number of hydrogen-bond donors (Lipinski definition) is 0. The third-order valence-corrected chi connectivity index (χ3v) is 6.08. The second-order valence-electron chi connectivity index (χ2n) is 8.11. The molecule has 0 amide bonds. The van der Waals surface area contributed by atoms with Gasteiger partial charge in [-0.05, 0) is 71.7 Å². The molecule has 156 valence electrons. The minimum Gasteiger partial charge on any atom is -0.493 e. The molecule has 0 radical (unpaired) electrons. The van der Waals surface area contributed by atoms with E-state index in [2.05, 4.69) is 19.1 Å². The van der Waals surface area contributed by atoms with Gasteiger partial charge in [-0.3, -0.25) is 4.79 Å². The molecule has 1 aliphatic rings. The molecule has 0 atom stereocenters. The van der Waals surface area contributed by atoms with Crippen molar-refractivity contribution in [2.24, 2.45) is 7.05 Å². The van der Waals surface area contributed by atoms with Gasteiger partial charge in [0.25, 0.3) is 5.56 Å². The smallest absolute Gasteiger partial charge is 0.258 e. The number of aryl methyl sites for hydroxylation is 1. The van der Waals surface area contributed by atoms with Crippen LogP contribution in [0, 0.1) is 6.92 Å². The summed E-state index contributed by atoms with van der Waals surface area (Å²) in [6, 6.07) is 20.0. The Kier molecular flexibility index (Phi) is 4.99. The van der Waals surface area contributed by atoms with Gasteiger partial charge in [0.05, 0.1) is 12.0 Å². The van der Waals surface area contributed by atoms with Crippen molar-refractivity contribution in [3.8, 4) is 22.6 Å². The van der Waals surface area contributed by atoms with Gasteiger partial charge >= 0.3 is 0 Å². The number of rotatable bonds is 4. The van der Waals surface area contributed by atoms with Crippen molar-refractivity contribution in [1.82, 2.24) is 4.57 Å². The van der Waals surface area contributed by atoms with E-state index in [9.17, 15) is 4.79 Å². The van der Waals surface area contributed by atoms with Crippen LogP contribution < -0.4 is 15.0 Å². The number of hydrogen-bond acceptors (Lipinski definition) is 3. The highest BCUT2D eigenvalue weighted by Crippen LogP contribution is 2.37. The van der Waals surface area contributed by atoms with Crippen LogP contribution in [0.3, 0.4) is 0 Å². The Morgan fingerprint density at radius 3 is 2.68 bits per heavy atom. The Morgan fingerprint density at radius 1 is 1.00 bits per heavy atom. The Balaban J connectivity index is 1.59. The highest BCUT2D eigenvalue weighted by molar-refractivity contribution is 5.97. The van der Waals surface area contributed by atoms with E-state index in [-0.39, 0.29) is 5.56 Å². The van der Waals surface area contributed by atoms with Crippen molar-refractivity contribution in [3.05, 3.63) is 93.9 Å². The van der Waals surface area contributed by atoms with Gasteiger partial charge in [-0.2, -0.15) is 0 Å². The molecular formula is C27H25NO3. The molecule has 0 saturated heterocycles. The molecule has 2 heterocycles. The van der Waals surface area contributed by atoms with E-state index < -0.39 is 0 Å². The lowest BCUT2D eigenvalue weighted by molar-refractivity contribution is 0.288. The van der Waals surface area contributed by atoms with Crippen molar-refractivity contribution in [2.45, 2.75) is 26.4 Å². The summed E-state index contributed by atoms with van der Waals surface area (Å²) in [5.74, 6) is 1.68. The monoisotopic (exact) mass is 411 g/mol. The molecule has 4 nitrogen and oxygen atoms in total. The topological polar surface area (TPSA) is 40.5 Å². The number of pyridine rings is 1. The first kappa shape index (κ1) is 19.4. The maximum absolute atomic E-state index is 12.9. The standard InChI is InChI=1S/C27H25NO3/c1-18-21(12-13-26-22(18)9-6-14-30-26)25-16-28(2)27(29)24-15-20(10-11-23(24)25)31-17-19-7-4-3-5-8-19/h3-5,7-8,10-13,15-16H,6,9,14,17H2,1-2H3. The third-order valence-electron chi connectivity index (χ3n) is 6.08. The van der Waals surface area contributed by atoms with Gasteiger partial charge in [-0.15, -0.1) is 0 Å². The fraction of sp³-hybridized carbons (Fsp3) is 0.222. The average Bonchev–Trinajstić information content (AvgIpc) is 2.81. The molecule has 3 aromatic carbocycles. The molecule has 0 unspecified atom stereocenters. The van der Waals surface area contributed by atoms with E-state index in [4.69, 9.17) is 9.47 Å². The normalized spacial score (nSPS) is 13.0. The predicted octanol–water partition coefficient (Wildman–Crippen LogP) is 5.42. The van der Waals surface area contributed by atoms with E-state index >= 15 is 0 Å². The van der Waals surface area contributed by atoms with Crippen LogP contribution in [-0.4, -0.2) is 11.2 Å². The van der Waals surface area contributed by atoms with Gasteiger partial charge in [0.15, 0.2) is 0 Å². The molecule has 0 aliphatic carbocycles. The van der Waals surface area contributed by atoms with Gasteiger partial charge in [0.2, 0.25) is 0 Å². The van der Waals surface area contributed by atoms with Gasteiger partial charge in [-0.25, -0.2) is 0 Å². The lowest BCUT2D eigenvalue weighted by Crippen LogP contribution is -2.17. The molecule has 4 aromatic rings. The van der Waals surface area contributed by atoms with Crippen LogP contribution in [0.1, 0.15) is 23.1 Å². The van der Waals surface area contributed by atoms with Gasteiger partial charge < -0.3 is 14.0 Å². The molecule has 5 rings (SSSR count). The van der Waals surface area contributed by atoms with Crippen molar-refractivity contribution >= 4 is 10.8 Å². The summed E-state index contributed by atoms with van der Waals surface area (Å²) in [6.45, 7) is 3.40. The molecule has 0 fully saturated rings. The molecule has 0 spiro atoms. The number of ether oxygens (including phenoxy) is 2. The lowest BCUT2D eigenvalue weighted by Gasteiger charge is -2.22. The number of aromatic nitrogens is 1. The van der Waals surface area contributed by atoms with Crippen molar-refractivity contribution in [1.29, 1.82) is 0 Å². The molecule has 0 saturated carbocycles. The zero-order valence-electron chi connectivity index (χ0n) is 17.9. The zero-order chi connectivity index (χ0) is 21.4. The van der Waals surface area contributed by atoms with Gasteiger partial charge in [0, 0.05) is 18.8 Å². The summed E-state index contributed by atoms with van der Waals surface area (Å²) in [6.07, 6.45) is 4.00. The van der Waals surface area contributed by atoms with Crippen LogP contribution in [0.4, 0.5) is 0 Å². The first-order chi connectivity index (χ1) is 15.1. The van der Waals surface area contributed by atoms with Crippen LogP contribution >= 0.6 is 0 Å². The summed E-state index contributed by atoms with van der Waals surface area (Å²) in [4.78, 5) is 12.9. The Hall–Kier alpha value is -3.53. The quantitative estimate of drug-likeness (QED) is 0.450. The minimum atomic E-state index is -0.0251. The summed E-state index contributed by atoms with van der Waals surface area (Å²) >= 11 is 0. The van der Waals surface area contributed by atoms with Crippen LogP contribution in [0.5, 0.6) is 11.5 Å². The summed E-state index contributed by atoms with van der Waals surface area (Å²) < 4.78 is 13.5. The highest BCUT2D eigenvalue weighted by atomic mass is 16.5. The molecule has 1 aliphatic heterocycles. The van der Waals surface area contributed by atoms with Crippen LogP contribution in [-0.2, 0) is 20.1 Å². The Labute approximate surface area is 181 Å². The van der Waals surface area contributed by atoms with Gasteiger partial charge in [0.1, 0.15) is 18.1 Å². The third kappa shape index (κ3) is 3.59. The maximum Gasteiger partial charge on any atom is 0.258 e. The largest absolute Gasteiger partial charge is 0.493 e. The van der Waals surface area contributed by atoms with E-state index in [1.165, 1.54) is 11.1 Å². The Bertz CT molecular complexity index is 1320. The van der Waals surface area contributed by atoms with Crippen LogP contribution in [0.2, 0.25) is 0 Å². The van der Waals surface area contributed by atoms with Crippen molar-refractivity contribution in [2.75, 3.05) is 6.61 Å². The minimum absolute atomic E-state index is 0.0251. The SMILES string of the molecule is Cc1c(-c2cn(C)c(=O)c3cc(OCc4ccccc4)ccc23)ccc2c1CCCO2. The molecule has 0 bridgehead atoms. The average molecular weight is 412 g/mol.